The summed E-state index contributed by atoms with van der Waals surface area (Å²) in [7, 11) is 0. The maximum absolute atomic E-state index is 6.28. The highest BCUT2D eigenvalue weighted by atomic mass is 16.3. The predicted octanol–water partition coefficient (Wildman–Crippen LogP) is 3.68. The van der Waals surface area contributed by atoms with Crippen LogP contribution in [0.2, 0.25) is 0 Å². The van der Waals surface area contributed by atoms with Gasteiger partial charge < -0.3 is 10.2 Å². The van der Waals surface area contributed by atoms with Crippen LogP contribution in [0.1, 0.15) is 68.7 Å². The van der Waals surface area contributed by atoms with E-state index in [1.54, 1.807) is 0 Å². The lowest BCUT2D eigenvalue weighted by atomic mass is 9.74. The molecule has 1 aromatic rings. The van der Waals surface area contributed by atoms with Crippen molar-refractivity contribution in [2.45, 2.75) is 59.4 Å². The molecule has 0 radical (unpaired) electrons. The largest absolute Gasteiger partial charge is 0.465 e. The zero-order valence-corrected chi connectivity index (χ0v) is 11.1. The molecule has 2 rings (SSSR count). The molecule has 2 nitrogen and oxygen atoms in total. The molecule has 0 saturated heterocycles. The highest BCUT2D eigenvalue weighted by molar-refractivity contribution is 5.38. The molecule has 1 atom stereocenters. The van der Waals surface area contributed by atoms with Crippen LogP contribution in [0.4, 0.5) is 0 Å². The summed E-state index contributed by atoms with van der Waals surface area (Å²) < 4.78 is 6.02. The smallest absolute Gasteiger partial charge is 0.109 e. The minimum atomic E-state index is 0.148. The predicted molar refractivity (Wildman–Crippen MR) is 66.6 cm³/mol. The normalized spacial score (nSPS) is 23.6. The summed E-state index contributed by atoms with van der Waals surface area (Å²) in [4.78, 5) is 0. The maximum Gasteiger partial charge on any atom is 0.109 e. The van der Waals surface area contributed by atoms with Crippen LogP contribution >= 0.6 is 0 Å². The Labute approximate surface area is 98.2 Å². The van der Waals surface area contributed by atoms with Gasteiger partial charge >= 0.3 is 0 Å². The summed E-state index contributed by atoms with van der Waals surface area (Å²) in [6.07, 6.45) is 2.07. The van der Waals surface area contributed by atoms with Gasteiger partial charge in [-0.3, -0.25) is 0 Å². The lowest BCUT2D eigenvalue weighted by molar-refractivity contribution is 0.253. The van der Waals surface area contributed by atoms with E-state index in [-0.39, 0.29) is 11.5 Å². The van der Waals surface area contributed by atoms with Crippen LogP contribution in [0.25, 0.3) is 0 Å². The molecular weight excluding hydrogens is 198 g/mol. The monoisotopic (exact) mass is 221 g/mol. The van der Waals surface area contributed by atoms with Crippen molar-refractivity contribution in [3.05, 3.63) is 22.6 Å². The van der Waals surface area contributed by atoms with Crippen molar-refractivity contribution in [1.82, 2.24) is 0 Å². The van der Waals surface area contributed by atoms with Gasteiger partial charge in [0.1, 0.15) is 11.5 Å². The standard InChI is InChI=1S/C14H23NO/c1-8(2)13-9(3)12-10(15)6-14(4,5)7-11(12)16-13/h8,10H,6-7,15H2,1-5H3/t10-/m0/s1. The molecule has 0 saturated carbocycles. The number of nitrogens with two attached hydrogens (primary N) is 1. The van der Waals surface area contributed by atoms with Crippen molar-refractivity contribution in [2.24, 2.45) is 11.1 Å². The van der Waals surface area contributed by atoms with Gasteiger partial charge in [-0.2, -0.15) is 0 Å². The third-order valence-electron chi connectivity index (χ3n) is 3.61. The number of hydrogen-bond acceptors (Lipinski definition) is 2. The van der Waals surface area contributed by atoms with Gasteiger partial charge in [0.15, 0.2) is 0 Å². The van der Waals surface area contributed by atoms with Crippen LogP contribution in [-0.4, -0.2) is 0 Å². The molecule has 1 aliphatic carbocycles. The first-order valence-electron chi connectivity index (χ1n) is 6.19. The quantitative estimate of drug-likeness (QED) is 0.785. The summed E-state index contributed by atoms with van der Waals surface area (Å²) in [5.74, 6) is 2.70. The van der Waals surface area contributed by atoms with E-state index in [0.29, 0.717) is 5.92 Å². The summed E-state index contributed by atoms with van der Waals surface area (Å²) in [6.45, 7) is 11.0. The fourth-order valence-electron chi connectivity index (χ4n) is 2.98. The van der Waals surface area contributed by atoms with Gasteiger partial charge in [0.25, 0.3) is 0 Å². The number of rotatable bonds is 1. The van der Waals surface area contributed by atoms with Crippen molar-refractivity contribution >= 4 is 0 Å². The molecule has 1 aromatic heterocycles. The van der Waals surface area contributed by atoms with Crippen LogP contribution in [0.15, 0.2) is 4.42 Å². The second kappa shape index (κ2) is 3.63. The summed E-state index contributed by atoms with van der Waals surface area (Å²) in [6, 6.07) is 0.148. The molecule has 0 aromatic carbocycles. The molecule has 90 valence electrons. The van der Waals surface area contributed by atoms with E-state index >= 15 is 0 Å². The molecule has 16 heavy (non-hydrogen) atoms. The van der Waals surface area contributed by atoms with Gasteiger partial charge in [0.05, 0.1) is 0 Å². The van der Waals surface area contributed by atoms with Crippen LogP contribution in [0, 0.1) is 12.3 Å². The lowest BCUT2D eigenvalue weighted by Gasteiger charge is -2.32. The van der Waals surface area contributed by atoms with E-state index in [4.69, 9.17) is 10.2 Å². The van der Waals surface area contributed by atoms with Crippen molar-refractivity contribution in [3.8, 4) is 0 Å². The molecular formula is C14H23NO. The number of furan rings is 1. The maximum atomic E-state index is 6.28. The van der Waals surface area contributed by atoms with Crippen LogP contribution < -0.4 is 5.73 Å². The fraction of sp³-hybridized carbons (Fsp3) is 0.714. The van der Waals surface area contributed by atoms with Gasteiger partial charge in [-0.05, 0) is 24.3 Å². The highest BCUT2D eigenvalue weighted by Crippen LogP contribution is 2.44. The molecule has 2 N–H and O–H groups in total. The van der Waals surface area contributed by atoms with Gasteiger partial charge in [0, 0.05) is 23.9 Å². The van der Waals surface area contributed by atoms with Crippen LogP contribution in [-0.2, 0) is 6.42 Å². The lowest BCUT2D eigenvalue weighted by Crippen LogP contribution is -2.29. The SMILES string of the molecule is Cc1c(C(C)C)oc2c1[C@@H](N)CC(C)(C)C2. The Balaban J connectivity index is 2.49. The Hall–Kier alpha value is -0.760. The summed E-state index contributed by atoms with van der Waals surface area (Å²) in [5, 5.41) is 0. The Morgan fingerprint density at radius 2 is 2.00 bits per heavy atom. The third-order valence-corrected chi connectivity index (χ3v) is 3.61. The molecule has 2 heteroatoms. The topological polar surface area (TPSA) is 39.2 Å². The van der Waals surface area contributed by atoms with Gasteiger partial charge in [-0.1, -0.05) is 27.7 Å². The fourth-order valence-corrected chi connectivity index (χ4v) is 2.98. The number of hydrogen-bond donors (Lipinski definition) is 1. The summed E-state index contributed by atoms with van der Waals surface area (Å²) >= 11 is 0. The molecule has 0 fully saturated rings. The minimum absolute atomic E-state index is 0.148. The first kappa shape index (κ1) is 11.7. The highest BCUT2D eigenvalue weighted by Gasteiger charge is 2.35. The first-order chi connectivity index (χ1) is 7.32. The number of fused-ring (bicyclic) bond motifs is 1. The Morgan fingerprint density at radius 1 is 1.38 bits per heavy atom. The minimum Gasteiger partial charge on any atom is -0.465 e. The second-order valence-electron chi connectivity index (χ2n) is 6.23. The Bertz CT molecular complexity index is 401. The molecule has 0 aliphatic heterocycles. The first-order valence-corrected chi connectivity index (χ1v) is 6.19. The third kappa shape index (κ3) is 1.80. The van der Waals surface area contributed by atoms with E-state index < -0.39 is 0 Å². The average molecular weight is 221 g/mol. The molecule has 1 aliphatic rings. The molecule has 0 bridgehead atoms. The van der Waals surface area contributed by atoms with Gasteiger partial charge in [0.2, 0.25) is 0 Å². The molecule has 0 spiro atoms. The second-order valence-corrected chi connectivity index (χ2v) is 6.23. The zero-order chi connectivity index (χ0) is 12.1. The van der Waals surface area contributed by atoms with E-state index in [2.05, 4.69) is 34.6 Å². The molecule has 0 amide bonds. The van der Waals surface area contributed by atoms with Crippen molar-refractivity contribution < 1.29 is 4.42 Å². The Kier molecular flexibility index (Phi) is 2.66. The van der Waals surface area contributed by atoms with Crippen LogP contribution in [0.3, 0.4) is 0 Å². The van der Waals surface area contributed by atoms with E-state index in [1.807, 2.05) is 0 Å². The van der Waals surface area contributed by atoms with E-state index in [1.165, 1.54) is 11.1 Å². The summed E-state index contributed by atoms with van der Waals surface area (Å²) in [5.41, 5.74) is 9.11. The molecule has 1 heterocycles. The molecule has 0 unspecified atom stereocenters. The van der Waals surface area contributed by atoms with Crippen molar-refractivity contribution in [2.75, 3.05) is 0 Å². The zero-order valence-electron chi connectivity index (χ0n) is 11.1. The van der Waals surface area contributed by atoms with E-state index in [0.717, 1.165) is 24.4 Å². The Morgan fingerprint density at radius 3 is 2.56 bits per heavy atom. The van der Waals surface area contributed by atoms with Gasteiger partial charge in [-0.25, -0.2) is 0 Å². The van der Waals surface area contributed by atoms with Crippen molar-refractivity contribution in [3.63, 3.8) is 0 Å². The van der Waals surface area contributed by atoms with Crippen LogP contribution in [0.5, 0.6) is 0 Å². The van der Waals surface area contributed by atoms with Gasteiger partial charge in [-0.15, -0.1) is 0 Å². The average Bonchev–Trinajstić information content (AvgIpc) is 2.40. The van der Waals surface area contributed by atoms with Crippen molar-refractivity contribution in [1.29, 1.82) is 0 Å². The van der Waals surface area contributed by atoms with E-state index in [9.17, 15) is 0 Å².